The van der Waals surface area contributed by atoms with Crippen molar-refractivity contribution < 1.29 is 13.2 Å². The van der Waals surface area contributed by atoms with Gasteiger partial charge in [0.2, 0.25) is 0 Å². The highest BCUT2D eigenvalue weighted by Crippen LogP contribution is 2.40. The second-order valence-corrected chi connectivity index (χ2v) is 9.35. The third kappa shape index (κ3) is 3.72. The van der Waals surface area contributed by atoms with Gasteiger partial charge < -0.3 is 4.74 Å². The summed E-state index contributed by atoms with van der Waals surface area (Å²) in [6.07, 6.45) is 0. The quantitative estimate of drug-likeness (QED) is 0.629. The highest BCUT2D eigenvalue weighted by molar-refractivity contribution is 7.93. The van der Waals surface area contributed by atoms with Gasteiger partial charge in [-0.2, -0.15) is 5.10 Å². The molecule has 0 saturated carbocycles. The van der Waals surface area contributed by atoms with Crippen molar-refractivity contribution in [3.05, 3.63) is 45.3 Å². The predicted molar refractivity (Wildman–Crippen MR) is 109 cm³/mol. The number of ether oxygens (including phenoxy) is 1. The maximum atomic E-state index is 13.2. The van der Waals surface area contributed by atoms with Gasteiger partial charge in [-0.05, 0) is 64.4 Å². The van der Waals surface area contributed by atoms with Crippen molar-refractivity contribution in [2.24, 2.45) is 0 Å². The van der Waals surface area contributed by atoms with Gasteiger partial charge in [-0.25, -0.2) is 8.42 Å². The Bertz CT molecular complexity index is 1060. The number of sulfonamides is 1. The lowest BCUT2D eigenvalue weighted by molar-refractivity contribution is 0.340. The Labute approximate surface area is 163 Å². The molecule has 0 atom stereocenters. The van der Waals surface area contributed by atoms with Gasteiger partial charge in [0, 0.05) is 26.7 Å². The van der Waals surface area contributed by atoms with Crippen molar-refractivity contribution >= 4 is 27.0 Å². The summed E-state index contributed by atoms with van der Waals surface area (Å²) in [5.74, 6) is 0.700. The highest BCUT2D eigenvalue weighted by Gasteiger charge is 2.28. The summed E-state index contributed by atoms with van der Waals surface area (Å²) in [6, 6.07) is 6.88. The van der Waals surface area contributed by atoms with Crippen LogP contribution in [-0.4, -0.2) is 25.2 Å². The monoisotopic (exact) mass is 405 g/mol. The fourth-order valence-electron chi connectivity index (χ4n) is 2.98. The Morgan fingerprint density at radius 2 is 1.78 bits per heavy atom. The smallest absolute Gasteiger partial charge is 0.263 e. The summed E-state index contributed by atoms with van der Waals surface area (Å²) in [7, 11) is -3.77. The Morgan fingerprint density at radius 3 is 2.33 bits per heavy atom. The van der Waals surface area contributed by atoms with Gasteiger partial charge in [0.05, 0.1) is 12.3 Å². The first-order valence-electron chi connectivity index (χ1n) is 8.62. The molecule has 3 rings (SSSR count). The van der Waals surface area contributed by atoms with Crippen molar-refractivity contribution in [1.29, 1.82) is 0 Å². The van der Waals surface area contributed by atoms with Crippen LogP contribution in [0.15, 0.2) is 29.2 Å². The Hall–Kier alpha value is -2.32. The molecule has 0 spiro atoms. The number of nitrogens with zero attached hydrogens (tertiary/aromatic N) is 1. The zero-order valence-electron chi connectivity index (χ0n) is 16.0. The summed E-state index contributed by atoms with van der Waals surface area (Å²) in [6.45, 7) is 10.1. The molecule has 1 aromatic carbocycles. The summed E-state index contributed by atoms with van der Waals surface area (Å²) in [4.78, 5) is 1.95. The van der Waals surface area contributed by atoms with E-state index in [9.17, 15) is 8.42 Å². The summed E-state index contributed by atoms with van der Waals surface area (Å²) >= 11 is 1.46. The van der Waals surface area contributed by atoms with Crippen LogP contribution in [0.2, 0.25) is 0 Å². The number of H-pyrrole nitrogens is 1. The second kappa shape index (κ2) is 7.36. The molecule has 0 unspecified atom stereocenters. The van der Waals surface area contributed by atoms with Crippen molar-refractivity contribution in [1.82, 2.24) is 10.2 Å². The van der Waals surface area contributed by atoms with E-state index in [4.69, 9.17) is 4.74 Å². The number of anilines is 1. The van der Waals surface area contributed by atoms with Crippen LogP contribution < -0.4 is 9.46 Å². The van der Waals surface area contributed by atoms with E-state index < -0.39 is 10.0 Å². The molecule has 0 aliphatic heterocycles. The largest absolute Gasteiger partial charge is 0.494 e. The lowest BCUT2D eigenvalue weighted by atomic mass is 10.1. The molecule has 2 N–H and O–H groups in total. The molecule has 0 saturated heterocycles. The van der Waals surface area contributed by atoms with E-state index in [1.807, 2.05) is 34.6 Å². The minimum absolute atomic E-state index is 0.286. The fourth-order valence-corrected chi connectivity index (χ4v) is 5.90. The molecule has 27 heavy (non-hydrogen) atoms. The number of aromatic amines is 1. The van der Waals surface area contributed by atoms with E-state index in [2.05, 4.69) is 14.9 Å². The third-order valence-electron chi connectivity index (χ3n) is 4.38. The first-order valence-corrected chi connectivity index (χ1v) is 10.9. The topological polar surface area (TPSA) is 84.1 Å². The third-order valence-corrected chi connectivity index (χ3v) is 7.08. The molecule has 0 amide bonds. The SMILES string of the molecule is CCOc1ccc(NS(=O)(=O)c2c(C)sc(C)c2-c2n[nH]c(C)c2C)cc1. The first-order chi connectivity index (χ1) is 12.7. The fraction of sp³-hybridized carbons (Fsp3) is 0.316. The number of hydrogen-bond donors (Lipinski definition) is 2. The van der Waals surface area contributed by atoms with Gasteiger partial charge in [0.15, 0.2) is 0 Å². The van der Waals surface area contributed by atoms with E-state index in [-0.39, 0.29) is 4.90 Å². The van der Waals surface area contributed by atoms with Crippen LogP contribution in [0.1, 0.15) is 27.9 Å². The lowest BCUT2D eigenvalue weighted by Gasteiger charge is -2.11. The molecule has 0 bridgehead atoms. The molecule has 0 radical (unpaired) electrons. The van der Waals surface area contributed by atoms with Crippen molar-refractivity contribution in [2.75, 3.05) is 11.3 Å². The number of benzene rings is 1. The zero-order valence-corrected chi connectivity index (χ0v) is 17.6. The van der Waals surface area contributed by atoms with Crippen LogP contribution in [0.25, 0.3) is 11.3 Å². The van der Waals surface area contributed by atoms with Crippen LogP contribution in [-0.2, 0) is 10.0 Å². The van der Waals surface area contributed by atoms with E-state index in [0.29, 0.717) is 29.3 Å². The molecular formula is C19H23N3O3S2. The number of nitrogens with one attached hydrogen (secondary N) is 2. The molecule has 3 aromatic rings. The van der Waals surface area contributed by atoms with Crippen LogP contribution in [0, 0.1) is 27.7 Å². The Balaban J connectivity index is 2.03. The molecular weight excluding hydrogens is 382 g/mol. The molecule has 144 valence electrons. The predicted octanol–water partition coefficient (Wildman–Crippen LogP) is 4.57. The summed E-state index contributed by atoms with van der Waals surface area (Å²) < 4.78 is 34.5. The number of thiophene rings is 1. The van der Waals surface area contributed by atoms with Gasteiger partial charge in [-0.15, -0.1) is 11.3 Å². The second-order valence-electron chi connectivity index (χ2n) is 6.30. The zero-order chi connectivity index (χ0) is 19.8. The average Bonchev–Trinajstić information content (AvgIpc) is 3.08. The van der Waals surface area contributed by atoms with E-state index >= 15 is 0 Å². The number of aryl methyl sites for hydroxylation is 3. The van der Waals surface area contributed by atoms with Crippen molar-refractivity contribution in [2.45, 2.75) is 39.5 Å². The first kappa shape index (κ1) is 19.4. The van der Waals surface area contributed by atoms with Gasteiger partial charge in [-0.3, -0.25) is 9.82 Å². The Morgan fingerprint density at radius 1 is 1.11 bits per heavy atom. The minimum atomic E-state index is -3.77. The summed E-state index contributed by atoms with van der Waals surface area (Å²) in [5, 5.41) is 7.29. The lowest BCUT2D eigenvalue weighted by Crippen LogP contribution is -2.14. The molecule has 2 aromatic heterocycles. The van der Waals surface area contributed by atoms with Gasteiger partial charge >= 0.3 is 0 Å². The van der Waals surface area contributed by atoms with E-state index in [1.165, 1.54) is 11.3 Å². The summed E-state index contributed by atoms with van der Waals surface area (Å²) in [5.41, 5.74) is 3.71. The van der Waals surface area contributed by atoms with Crippen molar-refractivity contribution in [3.8, 4) is 17.0 Å². The number of rotatable bonds is 6. The molecule has 2 heterocycles. The van der Waals surface area contributed by atoms with E-state index in [0.717, 1.165) is 21.0 Å². The number of aromatic nitrogens is 2. The van der Waals surface area contributed by atoms with Gasteiger partial charge in [-0.1, -0.05) is 0 Å². The highest BCUT2D eigenvalue weighted by atomic mass is 32.2. The normalized spacial score (nSPS) is 11.6. The molecule has 0 aliphatic carbocycles. The Kier molecular flexibility index (Phi) is 5.30. The van der Waals surface area contributed by atoms with Crippen LogP contribution in [0.3, 0.4) is 0 Å². The van der Waals surface area contributed by atoms with Crippen molar-refractivity contribution in [3.63, 3.8) is 0 Å². The van der Waals surface area contributed by atoms with E-state index in [1.54, 1.807) is 24.3 Å². The minimum Gasteiger partial charge on any atom is -0.494 e. The van der Waals surface area contributed by atoms with Crippen LogP contribution >= 0.6 is 11.3 Å². The maximum Gasteiger partial charge on any atom is 0.263 e. The van der Waals surface area contributed by atoms with Crippen LogP contribution in [0.5, 0.6) is 5.75 Å². The standard InChI is InChI=1S/C19H23N3O3S2/c1-6-25-16-9-7-15(8-10-16)22-27(23,24)19-14(5)26-13(4)17(19)18-11(2)12(3)20-21-18/h7-10,22H,6H2,1-5H3,(H,20,21). The van der Waals surface area contributed by atoms with Gasteiger partial charge in [0.1, 0.15) is 10.6 Å². The molecule has 8 heteroatoms. The molecule has 6 nitrogen and oxygen atoms in total. The maximum absolute atomic E-state index is 13.2. The molecule has 0 fully saturated rings. The van der Waals surface area contributed by atoms with Crippen LogP contribution in [0.4, 0.5) is 5.69 Å². The number of hydrogen-bond acceptors (Lipinski definition) is 5. The average molecular weight is 406 g/mol. The molecule has 0 aliphatic rings. The van der Waals surface area contributed by atoms with Gasteiger partial charge in [0.25, 0.3) is 10.0 Å².